The van der Waals surface area contributed by atoms with Crippen molar-refractivity contribution in [3.63, 3.8) is 0 Å². The predicted molar refractivity (Wildman–Crippen MR) is 272 cm³/mol. The molecule has 65 heavy (non-hydrogen) atoms. The molecule has 2 heteroatoms. The van der Waals surface area contributed by atoms with E-state index in [0.29, 0.717) is 13.0 Å². The zero-order chi connectivity index (χ0) is 42.0. The molecule has 0 heterocycles. The van der Waals surface area contributed by atoms with E-state index < -0.39 is 0 Å². The molecule has 0 amide bonds. The highest BCUT2D eigenvalue weighted by atomic mass is 16.5. The summed E-state index contributed by atoms with van der Waals surface area (Å²) in [6.45, 7) is 2.83. The fourth-order valence-corrected chi connectivity index (χ4v) is 17.9. The lowest BCUT2D eigenvalue weighted by Gasteiger charge is -2.32. The van der Waals surface area contributed by atoms with Gasteiger partial charge in [0.25, 0.3) is 0 Å². The fraction of sp³-hybridized carbons (Fsp3) is 0.286. The molecule has 5 aliphatic carbocycles. The molecule has 2 unspecified atom stereocenters. The summed E-state index contributed by atoms with van der Waals surface area (Å²) in [6, 6.07) is 31.6. The lowest BCUT2D eigenvalue weighted by atomic mass is 9.68. The van der Waals surface area contributed by atoms with Gasteiger partial charge in [-0.2, -0.15) is 0 Å². The Morgan fingerprint density at radius 2 is 0.846 bits per heavy atom. The van der Waals surface area contributed by atoms with Crippen LogP contribution in [0.15, 0.2) is 91.0 Å². The molecule has 18 rings (SSSR count). The fourth-order valence-electron chi connectivity index (χ4n) is 17.9. The maximum absolute atomic E-state index is 13.8. The number of fused-ring (bicyclic) bond motifs is 3. The van der Waals surface area contributed by atoms with E-state index in [1.54, 1.807) is 38.1 Å². The summed E-state index contributed by atoms with van der Waals surface area (Å²) in [7, 11) is 0. The van der Waals surface area contributed by atoms with Crippen LogP contribution in [0.4, 0.5) is 0 Å². The van der Waals surface area contributed by atoms with Gasteiger partial charge in [-0.25, -0.2) is 0 Å². The van der Waals surface area contributed by atoms with Crippen molar-refractivity contribution in [2.75, 3.05) is 6.61 Å². The minimum absolute atomic E-state index is 0.0248. The second kappa shape index (κ2) is 10.7. The molecule has 1 fully saturated rings. The monoisotopic (exact) mass is 834 g/mol. The van der Waals surface area contributed by atoms with Crippen LogP contribution in [0.3, 0.4) is 0 Å². The van der Waals surface area contributed by atoms with Crippen molar-refractivity contribution < 1.29 is 9.53 Å². The van der Waals surface area contributed by atoms with Gasteiger partial charge in [0.2, 0.25) is 0 Å². The van der Waals surface area contributed by atoms with E-state index in [1.165, 1.54) is 170 Å². The molecule has 310 valence electrons. The molecule has 0 radical (unpaired) electrons. The minimum Gasteiger partial charge on any atom is -0.466 e. The Morgan fingerprint density at radius 1 is 0.431 bits per heavy atom. The first-order chi connectivity index (χ1) is 32.2. The van der Waals surface area contributed by atoms with Gasteiger partial charge < -0.3 is 4.74 Å². The predicted octanol–water partition coefficient (Wildman–Crippen LogP) is 14.8. The van der Waals surface area contributed by atoms with E-state index >= 15 is 0 Å². The first-order valence-corrected chi connectivity index (χ1v) is 25.3. The second-order valence-electron chi connectivity index (χ2n) is 21.6. The highest BCUT2D eigenvalue weighted by Gasteiger charge is 2.93. The van der Waals surface area contributed by atoms with Crippen molar-refractivity contribution in [2.24, 2.45) is 0 Å². The normalized spacial score (nSPS) is 22.6. The third-order valence-corrected chi connectivity index (χ3v) is 19.5. The van der Waals surface area contributed by atoms with Crippen LogP contribution in [0.25, 0.3) is 130 Å². The molecular formula is C63H46O2. The Labute approximate surface area is 374 Å². The second-order valence-corrected chi connectivity index (χ2v) is 21.6. The number of unbranched alkanes of at least 4 members (excludes halogenated alkanes) is 9. The molecule has 5 aliphatic rings. The number of allylic oxidation sites excluding steroid dienone is 2. The molecular weight excluding hydrogens is 789 g/mol. The van der Waals surface area contributed by atoms with Crippen LogP contribution in [0.5, 0.6) is 0 Å². The van der Waals surface area contributed by atoms with Crippen molar-refractivity contribution in [3.8, 4) is 0 Å². The Morgan fingerprint density at radius 3 is 1.34 bits per heavy atom. The van der Waals surface area contributed by atoms with Crippen LogP contribution in [-0.4, -0.2) is 12.6 Å². The smallest absolute Gasteiger partial charge is 0.305 e. The van der Waals surface area contributed by atoms with Crippen molar-refractivity contribution in [3.05, 3.63) is 118 Å². The third kappa shape index (κ3) is 3.07. The number of ether oxygens (including phenoxy) is 1. The van der Waals surface area contributed by atoms with E-state index in [1.807, 2.05) is 0 Å². The number of benzene rings is 9. The van der Waals surface area contributed by atoms with Gasteiger partial charge in [0, 0.05) is 22.7 Å². The lowest BCUT2D eigenvalue weighted by molar-refractivity contribution is -0.143. The van der Waals surface area contributed by atoms with Crippen LogP contribution in [0.1, 0.15) is 107 Å². The molecule has 1 saturated carbocycles. The van der Waals surface area contributed by atoms with Gasteiger partial charge >= 0.3 is 5.97 Å². The van der Waals surface area contributed by atoms with Crippen molar-refractivity contribution >= 4 is 136 Å². The molecule has 13 aromatic rings. The summed E-state index contributed by atoms with van der Waals surface area (Å²) in [5, 5.41) is 36.0. The average Bonchev–Trinajstić information content (AvgIpc) is 3.99. The molecule has 0 saturated heterocycles. The first-order valence-electron chi connectivity index (χ1n) is 25.3. The SMILES string of the molecule is CCCCCCCCCCCCOC(=O)CCCC1(c2ccccc2)C23C4=c5ccc6c7ccc8c9ccc%10c%11ccc%12c%13c(c%14c%15c2c5c6c2c7c8c5c9c%10c(c%13%11)c%14c5c%152)C13C=%12C=C4. The number of hydrogen-bond donors (Lipinski definition) is 0. The number of esters is 1. The quantitative estimate of drug-likeness (QED) is 0.0551. The van der Waals surface area contributed by atoms with Crippen LogP contribution in [0, 0.1) is 0 Å². The Hall–Kier alpha value is -6.25. The van der Waals surface area contributed by atoms with Gasteiger partial charge in [-0.05, 0) is 176 Å². The summed E-state index contributed by atoms with van der Waals surface area (Å²) >= 11 is 0. The van der Waals surface area contributed by atoms with E-state index in [-0.39, 0.29) is 22.2 Å². The van der Waals surface area contributed by atoms with Crippen molar-refractivity contribution in [1.29, 1.82) is 0 Å². The summed E-state index contributed by atoms with van der Waals surface area (Å²) in [5.74, 6) is -0.0248. The summed E-state index contributed by atoms with van der Waals surface area (Å²) in [6.07, 6.45) is 20.1. The van der Waals surface area contributed by atoms with Gasteiger partial charge in [0.15, 0.2) is 0 Å². The Bertz CT molecular complexity index is 4180. The van der Waals surface area contributed by atoms with Crippen molar-refractivity contribution in [2.45, 2.75) is 107 Å². The van der Waals surface area contributed by atoms with Crippen LogP contribution in [-0.2, 0) is 25.8 Å². The average molecular weight is 835 g/mol. The van der Waals surface area contributed by atoms with E-state index in [2.05, 4.69) is 97.9 Å². The molecule has 0 bridgehead atoms. The van der Waals surface area contributed by atoms with Gasteiger partial charge in [-0.1, -0.05) is 156 Å². The molecule has 13 aromatic carbocycles. The molecule has 0 aromatic heterocycles. The zero-order valence-corrected chi connectivity index (χ0v) is 36.9. The lowest BCUT2D eigenvalue weighted by Crippen LogP contribution is -2.27. The summed E-state index contributed by atoms with van der Waals surface area (Å²) in [4.78, 5) is 13.8. The number of hydrogen-bond acceptors (Lipinski definition) is 2. The molecule has 0 N–H and O–H groups in total. The summed E-state index contributed by atoms with van der Waals surface area (Å²) in [5.41, 5.74) is 6.85. The number of carbonyl (C=O) groups excluding carboxylic acids is 1. The van der Waals surface area contributed by atoms with Gasteiger partial charge in [0.1, 0.15) is 0 Å². The zero-order valence-electron chi connectivity index (χ0n) is 36.9. The Balaban J connectivity index is 0.872. The first kappa shape index (κ1) is 34.1. The van der Waals surface area contributed by atoms with Gasteiger partial charge in [-0.15, -0.1) is 0 Å². The maximum Gasteiger partial charge on any atom is 0.305 e. The minimum atomic E-state index is -0.285. The highest BCUT2D eigenvalue weighted by Crippen LogP contribution is 2.92. The van der Waals surface area contributed by atoms with E-state index in [4.69, 9.17) is 4.74 Å². The van der Waals surface area contributed by atoms with Gasteiger partial charge in [-0.3, -0.25) is 4.79 Å². The standard InChI is InChI=1S/C63H46O2/c1-2-3-4-5-6-7-8-9-10-14-30-65-42(64)18-15-29-61(31-16-12-11-13-17-31)62-40-27-28-41-39-26-24-37-35-22-20-33-32-19-21-34-36-23-25-38(40)49-47(36)52-45(34)43(32)51-44(33)46(35)53-48(37)50(39)60(63(41,61)62)58-56(53)54(51)55(52)57(58)59(49)62/h11-13,16-17,19-28H,2-10,14-15,18,29-30H2,1H3. The van der Waals surface area contributed by atoms with E-state index in [0.717, 1.165) is 25.7 Å². The summed E-state index contributed by atoms with van der Waals surface area (Å²) < 4.78 is 6.05. The van der Waals surface area contributed by atoms with Crippen LogP contribution < -0.4 is 10.4 Å². The number of rotatable bonds is 16. The van der Waals surface area contributed by atoms with E-state index in [9.17, 15) is 4.79 Å². The van der Waals surface area contributed by atoms with Crippen LogP contribution >= 0.6 is 0 Å². The van der Waals surface area contributed by atoms with Gasteiger partial charge in [0.05, 0.1) is 6.61 Å². The number of carbonyl (C=O) groups is 1. The maximum atomic E-state index is 13.8. The van der Waals surface area contributed by atoms with Crippen molar-refractivity contribution in [1.82, 2.24) is 0 Å². The largest absolute Gasteiger partial charge is 0.466 e. The topological polar surface area (TPSA) is 26.3 Å². The molecule has 2 atom stereocenters. The molecule has 2 nitrogen and oxygen atoms in total. The van der Waals surface area contributed by atoms with Crippen LogP contribution in [0.2, 0.25) is 0 Å². The Kier molecular flexibility index (Phi) is 5.63. The molecule has 0 aliphatic heterocycles. The third-order valence-electron chi connectivity index (χ3n) is 19.5. The highest BCUT2D eigenvalue weighted by molar-refractivity contribution is 6.64. The molecule has 2 spiro atoms.